The molecule has 1 aromatic carbocycles. The van der Waals surface area contributed by atoms with Crippen molar-refractivity contribution in [2.75, 3.05) is 6.54 Å². The molecule has 3 aliphatic rings. The highest BCUT2D eigenvalue weighted by Crippen LogP contribution is 2.30. The SMILES string of the molecule is O=C(N=CC1CCc2c[nH]cc2C1)[C@@H]1CCCN1C(=O)[C@@H](CC1CCCCC1)NS(=O)(=O)Cc1ccccc1. The van der Waals surface area contributed by atoms with Crippen molar-refractivity contribution in [3.05, 3.63) is 59.4 Å². The number of amides is 2. The first-order valence-electron chi connectivity index (χ1n) is 14.4. The van der Waals surface area contributed by atoms with Gasteiger partial charge >= 0.3 is 0 Å². The van der Waals surface area contributed by atoms with Gasteiger partial charge in [-0.05, 0) is 67.1 Å². The second-order valence-electron chi connectivity index (χ2n) is 11.5. The Bertz CT molecular complexity index is 1270. The topological polar surface area (TPSA) is 112 Å². The van der Waals surface area contributed by atoms with E-state index in [9.17, 15) is 18.0 Å². The van der Waals surface area contributed by atoms with Crippen LogP contribution in [0.3, 0.4) is 0 Å². The summed E-state index contributed by atoms with van der Waals surface area (Å²) in [7, 11) is -3.76. The summed E-state index contributed by atoms with van der Waals surface area (Å²) in [5, 5.41) is 0. The number of nitrogens with one attached hydrogen (secondary N) is 2. The van der Waals surface area contributed by atoms with Gasteiger partial charge in [0.05, 0.1) is 5.75 Å². The van der Waals surface area contributed by atoms with Crippen molar-refractivity contribution in [3.63, 3.8) is 0 Å². The average molecular weight is 553 g/mol. The monoisotopic (exact) mass is 552 g/mol. The van der Waals surface area contributed by atoms with Gasteiger partial charge in [0.25, 0.3) is 5.91 Å². The van der Waals surface area contributed by atoms with Crippen LogP contribution < -0.4 is 4.72 Å². The molecule has 2 fully saturated rings. The van der Waals surface area contributed by atoms with Crippen LogP contribution in [0.2, 0.25) is 0 Å². The molecule has 39 heavy (non-hydrogen) atoms. The molecule has 2 N–H and O–H groups in total. The molecule has 2 heterocycles. The number of carbonyl (C=O) groups excluding carboxylic acids is 2. The summed E-state index contributed by atoms with van der Waals surface area (Å²) in [4.78, 5) is 36.1. The number of nitrogens with zero attached hydrogens (tertiary/aromatic N) is 2. The molecule has 1 aliphatic heterocycles. The van der Waals surface area contributed by atoms with Gasteiger partial charge in [0.2, 0.25) is 15.9 Å². The highest BCUT2D eigenvalue weighted by molar-refractivity contribution is 7.88. The predicted octanol–water partition coefficient (Wildman–Crippen LogP) is 4.17. The zero-order chi connectivity index (χ0) is 27.2. The first-order chi connectivity index (χ1) is 18.9. The zero-order valence-electron chi connectivity index (χ0n) is 22.6. The van der Waals surface area contributed by atoms with Gasteiger partial charge in [-0.3, -0.25) is 9.59 Å². The molecule has 9 heteroatoms. The van der Waals surface area contributed by atoms with E-state index in [0.29, 0.717) is 37.3 Å². The maximum atomic E-state index is 13.9. The van der Waals surface area contributed by atoms with Gasteiger partial charge in [-0.25, -0.2) is 18.1 Å². The van der Waals surface area contributed by atoms with Crippen LogP contribution in [0.25, 0.3) is 0 Å². The largest absolute Gasteiger partial charge is 0.367 e. The molecule has 8 nitrogen and oxygen atoms in total. The van der Waals surface area contributed by atoms with Crippen LogP contribution in [0.5, 0.6) is 0 Å². The van der Waals surface area contributed by atoms with Crippen molar-refractivity contribution >= 4 is 28.1 Å². The smallest absolute Gasteiger partial charge is 0.268 e. The Morgan fingerprint density at radius 2 is 1.79 bits per heavy atom. The van der Waals surface area contributed by atoms with Crippen molar-refractivity contribution in [3.8, 4) is 0 Å². The third-order valence-electron chi connectivity index (χ3n) is 8.54. The molecule has 1 aromatic heterocycles. The van der Waals surface area contributed by atoms with Crippen molar-refractivity contribution in [2.45, 2.75) is 88.5 Å². The highest BCUT2D eigenvalue weighted by Gasteiger charge is 2.39. The number of H-pyrrole nitrogens is 1. The quantitative estimate of drug-likeness (QED) is 0.455. The van der Waals surface area contributed by atoms with E-state index >= 15 is 0 Å². The Kier molecular flexibility index (Phi) is 8.97. The Hall–Kier alpha value is -2.78. The van der Waals surface area contributed by atoms with Crippen molar-refractivity contribution < 1.29 is 18.0 Å². The summed E-state index contributed by atoms with van der Waals surface area (Å²) in [6, 6.07) is 7.50. The van der Waals surface area contributed by atoms with E-state index in [1.165, 1.54) is 17.5 Å². The van der Waals surface area contributed by atoms with Crippen LogP contribution >= 0.6 is 0 Å². The molecular formula is C30H40N4O4S. The van der Waals surface area contributed by atoms with Crippen LogP contribution in [0, 0.1) is 11.8 Å². The first kappa shape index (κ1) is 27.8. The molecule has 3 atom stereocenters. The number of hydrogen-bond donors (Lipinski definition) is 2. The van der Waals surface area contributed by atoms with Gasteiger partial charge in [-0.15, -0.1) is 0 Å². The molecule has 0 spiro atoms. The minimum absolute atomic E-state index is 0.181. The van der Waals surface area contributed by atoms with Gasteiger partial charge in [0, 0.05) is 25.2 Å². The van der Waals surface area contributed by atoms with E-state index in [-0.39, 0.29) is 23.5 Å². The van der Waals surface area contributed by atoms with Crippen molar-refractivity contribution in [2.24, 2.45) is 16.8 Å². The molecule has 1 unspecified atom stereocenters. The Labute approximate surface area is 231 Å². The summed E-state index contributed by atoms with van der Waals surface area (Å²) < 4.78 is 29.1. The molecule has 2 aliphatic carbocycles. The first-order valence-corrected chi connectivity index (χ1v) is 16.1. The molecule has 210 valence electrons. The predicted molar refractivity (Wildman–Crippen MR) is 152 cm³/mol. The lowest BCUT2D eigenvalue weighted by Gasteiger charge is -2.31. The van der Waals surface area contributed by atoms with Crippen molar-refractivity contribution in [1.82, 2.24) is 14.6 Å². The normalized spacial score (nSPS) is 23.1. The third-order valence-corrected chi connectivity index (χ3v) is 9.90. The summed E-state index contributed by atoms with van der Waals surface area (Å²) in [6.07, 6.45) is 15.7. The molecule has 2 aromatic rings. The van der Waals surface area contributed by atoms with Crippen molar-refractivity contribution in [1.29, 1.82) is 0 Å². The number of aromatic amines is 1. The number of carbonyl (C=O) groups is 2. The number of aromatic nitrogens is 1. The van der Waals surface area contributed by atoms with E-state index < -0.39 is 22.1 Å². The number of aliphatic imine (C=N–C) groups is 1. The Balaban J connectivity index is 1.27. The van der Waals surface area contributed by atoms with Gasteiger partial charge in [-0.2, -0.15) is 0 Å². The lowest BCUT2D eigenvalue weighted by molar-refractivity contribution is -0.138. The Morgan fingerprint density at radius 1 is 1.03 bits per heavy atom. The molecule has 5 rings (SSSR count). The van der Waals surface area contributed by atoms with Crippen LogP contribution in [0.4, 0.5) is 0 Å². The number of sulfonamides is 1. The fourth-order valence-electron chi connectivity index (χ4n) is 6.46. The maximum absolute atomic E-state index is 13.9. The number of likely N-dealkylation sites (tertiary alicyclic amines) is 1. The van der Waals surface area contributed by atoms with Crippen LogP contribution in [0.15, 0.2) is 47.7 Å². The molecule has 2 amide bonds. The van der Waals surface area contributed by atoms with E-state index in [1.807, 2.05) is 18.5 Å². The van der Waals surface area contributed by atoms with Crippen LogP contribution in [0.1, 0.15) is 74.5 Å². The molecule has 1 saturated carbocycles. The number of rotatable bonds is 9. The van der Waals surface area contributed by atoms with Gasteiger partial charge in [0.1, 0.15) is 12.1 Å². The van der Waals surface area contributed by atoms with E-state index in [1.54, 1.807) is 35.4 Å². The lowest BCUT2D eigenvalue weighted by atomic mass is 9.84. The highest BCUT2D eigenvalue weighted by atomic mass is 32.2. The fraction of sp³-hybridized carbons (Fsp3) is 0.567. The second kappa shape index (κ2) is 12.6. The van der Waals surface area contributed by atoms with E-state index in [0.717, 1.165) is 44.9 Å². The summed E-state index contributed by atoms with van der Waals surface area (Å²) in [5.41, 5.74) is 3.28. The van der Waals surface area contributed by atoms with Gasteiger partial charge in [0.15, 0.2) is 0 Å². The Morgan fingerprint density at radius 3 is 2.59 bits per heavy atom. The average Bonchev–Trinajstić information content (AvgIpc) is 3.61. The number of aryl methyl sites for hydroxylation is 1. The minimum atomic E-state index is -3.76. The second-order valence-corrected chi connectivity index (χ2v) is 13.2. The summed E-state index contributed by atoms with van der Waals surface area (Å²) >= 11 is 0. The lowest BCUT2D eigenvalue weighted by Crippen LogP contribution is -2.52. The van der Waals surface area contributed by atoms with E-state index in [2.05, 4.69) is 14.7 Å². The van der Waals surface area contributed by atoms with Gasteiger partial charge in [-0.1, -0.05) is 62.4 Å². The molecule has 0 bridgehead atoms. The fourth-order valence-corrected chi connectivity index (χ4v) is 7.81. The summed E-state index contributed by atoms with van der Waals surface area (Å²) in [6.45, 7) is 0.447. The third kappa shape index (κ3) is 7.25. The van der Waals surface area contributed by atoms with Crippen LogP contribution in [-0.2, 0) is 38.2 Å². The van der Waals surface area contributed by atoms with Gasteiger partial charge < -0.3 is 9.88 Å². The summed E-state index contributed by atoms with van der Waals surface area (Å²) in [5.74, 6) is -0.278. The maximum Gasteiger partial charge on any atom is 0.268 e. The number of benzene rings is 1. The zero-order valence-corrected chi connectivity index (χ0v) is 23.4. The molecule has 0 radical (unpaired) electrons. The number of hydrogen-bond acceptors (Lipinski definition) is 4. The minimum Gasteiger partial charge on any atom is -0.367 e. The molecular weight excluding hydrogens is 512 g/mol. The number of fused-ring (bicyclic) bond motifs is 1. The molecule has 1 saturated heterocycles. The standard InChI is InChI=1S/C30H40N4O4S/c35-29(32-18-24-13-14-25-19-31-20-26(25)16-24)28-12-7-15-34(28)30(36)27(17-22-8-3-1-4-9-22)33-39(37,38)21-23-10-5-2-6-11-23/h2,5-6,10-11,18-20,22,24,27-28,31,33H,1,3-4,7-9,12-17,21H2/t24?,27-,28+/m1/s1. The van der Waals surface area contributed by atoms with Crippen LogP contribution in [-0.4, -0.2) is 55.0 Å². The van der Waals surface area contributed by atoms with E-state index in [4.69, 9.17) is 0 Å².